The van der Waals surface area contributed by atoms with Gasteiger partial charge in [-0.05, 0) is 19.3 Å². The van der Waals surface area contributed by atoms with Crippen molar-refractivity contribution in [2.75, 3.05) is 13.2 Å². The third-order valence-corrected chi connectivity index (χ3v) is 4.59. The molecule has 0 aromatic heterocycles. The molecule has 2 aliphatic heterocycles. The van der Waals surface area contributed by atoms with Crippen LogP contribution in [-0.4, -0.2) is 35.9 Å². The summed E-state index contributed by atoms with van der Waals surface area (Å²) in [4.78, 5) is 23.7. The van der Waals surface area contributed by atoms with Crippen LogP contribution in [0, 0.1) is 0 Å². The fraction of sp³-hybridized carbons (Fsp3) is 0.778. The Balaban J connectivity index is 1.98. The van der Waals surface area contributed by atoms with E-state index in [4.69, 9.17) is 9.47 Å². The smallest absolute Gasteiger partial charge is 0.334 e. The average molecular weight is 324 g/mol. The first-order valence-corrected chi connectivity index (χ1v) is 8.84. The molecular formula is C18H28O5. The molecule has 130 valence electrons. The summed E-state index contributed by atoms with van der Waals surface area (Å²) in [5.41, 5.74) is -0.494. The van der Waals surface area contributed by atoms with E-state index in [1.165, 1.54) is 25.7 Å². The minimum atomic E-state index is -1.09. The first kappa shape index (κ1) is 18.0. The molecule has 1 atom stereocenters. The SMILES string of the molecule is O=C1CCCCCCCCCC/C=C2\C[C@@](CO)(CO1)OC2=O. The van der Waals surface area contributed by atoms with Crippen molar-refractivity contribution in [3.8, 4) is 0 Å². The number of aliphatic hydroxyl groups excluding tert-OH is 1. The van der Waals surface area contributed by atoms with Gasteiger partial charge < -0.3 is 14.6 Å². The van der Waals surface area contributed by atoms with E-state index >= 15 is 0 Å². The van der Waals surface area contributed by atoms with Gasteiger partial charge in [0.05, 0.1) is 6.61 Å². The summed E-state index contributed by atoms with van der Waals surface area (Å²) in [6.45, 7) is -0.394. The van der Waals surface area contributed by atoms with Crippen LogP contribution in [0.2, 0.25) is 0 Å². The molecule has 0 radical (unpaired) electrons. The average Bonchev–Trinajstić information content (AvgIpc) is 2.87. The number of carbonyl (C=O) groups excluding carboxylic acids is 2. The number of esters is 2. The van der Waals surface area contributed by atoms with Crippen LogP contribution in [0.3, 0.4) is 0 Å². The molecule has 23 heavy (non-hydrogen) atoms. The van der Waals surface area contributed by atoms with Crippen molar-refractivity contribution in [3.05, 3.63) is 11.6 Å². The van der Waals surface area contributed by atoms with Gasteiger partial charge >= 0.3 is 11.9 Å². The van der Waals surface area contributed by atoms with Gasteiger partial charge in [-0.1, -0.05) is 44.6 Å². The zero-order valence-corrected chi connectivity index (χ0v) is 13.8. The highest BCUT2D eigenvalue weighted by molar-refractivity contribution is 5.91. The highest BCUT2D eigenvalue weighted by Crippen LogP contribution is 2.31. The summed E-state index contributed by atoms with van der Waals surface area (Å²) in [5.74, 6) is -0.674. The van der Waals surface area contributed by atoms with Gasteiger partial charge in [0, 0.05) is 18.4 Å². The Labute approximate surface area is 138 Å². The molecule has 0 saturated carbocycles. The Hall–Kier alpha value is -1.36. The van der Waals surface area contributed by atoms with E-state index in [0.717, 1.165) is 32.1 Å². The molecule has 2 aliphatic rings. The molecule has 2 heterocycles. The van der Waals surface area contributed by atoms with Crippen molar-refractivity contribution < 1.29 is 24.2 Å². The molecule has 1 fully saturated rings. The fourth-order valence-electron chi connectivity index (χ4n) is 3.12. The molecule has 1 N–H and O–H groups in total. The molecule has 0 amide bonds. The summed E-state index contributed by atoms with van der Waals surface area (Å²) in [5, 5.41) is 9.60. The summed E-state index contributed by atoms with van der Waals surface area (Å²) < 4.78 is 10.6. The van der Waals surface area contributed by atoms with Gasteiger partial charge in [-0.2, -0.15) is 0 Å². The Kier molecular flexibility index (Phi) is 7.09. The summed E-state index contributed by atoms with van der Waals surface area (Å²) >= 11 is 0. The van der Waals surface area contributed by atoms with Crippen molar-refractivity contribution in [1.82, 2.24) is 0 Å². The van der Waals surface area contributed by atoms with E-state index in [-0.39, 0.29) is 19.2 Å². The Morgan fingerprint density at radius 1 is 1.00 bits per heavy atom. The highest BCUT2D eigenvalue weighted by atomic mass is 16.6. The van der Waals surface area contributed by atoms with Gasteiger partial charge in [0.1, 0.15) is 6.61 Å². The monoisotopic (exact) mass is 324 g/mol. The van der Waals surface area contributed by atoms with Gasteiger partial charge in [0.2, 0.25) is 0 Å². The first-order valence-electron chi connectivity index (χ1n) is 8.84. The predicted molar refractivity (Wildman–Crippen MR) is 85.7 cm³/mol. The predicted octanol–water partition coefficient (Wildman–Crippen LogP) is 3.05. The van der Waals surface area contributed by atoms with Gasteiger partial charge in [-0.25, -0.2) is 4.79 Å². The number of allylic oxidation sites excluding steroid dienone is 1. The topological polar surface area (TPSA) is 72.8 Å². The van der Waals surface area contributed by atoms with Crippen molar-refractivity contribution >= 4 is 11.9 Å². The highest BCUT2D eigenvalue weighted by Gasteiger charge is 2.44. The number of ether oxygens (including phenoxy) is 2. The molecule has 2 bridgehead atoms. The van der Waals surface area contributed by atoms with Crippen molar-refractivity contribution in [1.29, 1.82) is 0 Å². The van der Waals surface area contributed by atoms with Crippen molar-refractivity contribution in [2.45, 2.75) is 76.2 Å². The maximum Gasteiger partial charge on any atom is 0.334 e. The normalized spacial score (nSPS) is 30.7. The van der Waals surface area contributed by atoms with Crippen LogP contribution in [-0.2, 0) is 19.1 Å². The van der Waals surface area contributed by atoms with Crippen LogP contribution in [0.5, 0.6) is 0 Å². The molecule has 0 spiro atoms. The second-order valence-electron chi connectivity index (χ2n) is 6.66. The minimum absolute atomic E-state index is 0.0641. The molecular weight excluding hydrogens is 296 g/mol. The quantitative estimate of drug-likeness (QED) is 0.751. The van der Waals surface area contributed by atoms with Gasteiger partial charge in [0.25, 0.3) is 0 Å². The fourth-order valence-corrected chi connectivity index (χ4v) is 3.12. The number of carbonyl (C=O) groups is 2. The van der Waals surface area contributed by atoms with E-state index < -0.39 is 11.6 Å². The maximum atomic E-state index is 12.0. The molecule has 2 rings (SSSR count). The van der Waals surface area contributed by atoms with Crippen LogP contribution >= 0.6 is 0 Å². The molecule has 0 aromatic carbocycles. The van der Waals surface area contributed by atoms with Crippen LogP contribution in [0.1, 0.15) is 70.6 Å². The minimum Gasteiger partial charge on any atom is -0.461 e. The van der Waals surface area contributed by atoms with Crippen LogP contribution in [0.15, 0.2) is 11.6 Å². The lowest BCUT2D eigenvalue weighted by Crippen LogP contribution is -2.39. The zero-order valence-electron chi connectivity index (χ0n) is 13.8. The number of aliphatic hydroxyl groups is 1. The number of cyclic esters (lactones) is 1. The van der Waals surface area contributed by atoms with E-state index in [9.17, 15) is 14.7 Å². The van der Waals surface area contributed by atoms with E-state index in [1.54, 1.807) is 0 Å². The molecule has 0 aromatic rings. The number of fused-ring (bicyclic) bond motifs is 2. The summed E-state index contributed by atoms with van der Waals surface area (Å²) in [6, 6.07) is 0. The molecule has 0 aliphatic carbocycles. The number of hydrogen-bond donors (Lipinski definition) is 1. The van der Waals surface area contributed by atoms with Crippen molar-refractivity contribution in [3.63, 3.8) is 0 Å². The number of rotatable bonds is 1. The lowest BCUT2D eigenvalue weighted by atomic mass is 9.98. The molecule has 1 saturated heterocycles. The van der Waals surface area contributed by atoms with E-state index in [2.05, 4.69) is 0 Å². The Morgan fingerprint density at radius 3 is 2.35 bits per heavy atom. The van der Waals surface area contributed by atoms with E-state index in [0.29, 0.717) is 18.4 Å². The molecule has 5 heteroatoms. The second kappa shape index (κ2) is 9.06. The summed E-state index contributed by atoms with van der Waals surface area (Å²) in [6.07, 6.45) is 12.4. The largest absolute Gasteiger partial charge is 0.461 e. The Bertz CT molecular complexity index is 443. The van der Waals surface area contributed by atoms with Crippen molar-refractivity contribution in [2.24, 2.45) is 0 Å². The van der Waals surface area contributed by atoms with Gasteiger partial charge in [0.15, 0.2) is 5.60 Å². The van der Waals surface area contributed by atoms with Gasteiger partial charge in [-0.15, -0.1) is 0 Å². The maximum absolute atomic E-state index is 12.0. The lowest BCUT2D eigenvalue weighted by Gasteiger charge is -2.24. The third kappa shape index (κ3) is 5.65. The second-order valence-corrected chi connectivity index (χ2v) is 6.66. The molecule has 5 nitrogen and oxygen atoms in total. The van der Waals surface area contributed by atoms with Crippen LogP contribution < -0.4 is 0 Å². The Morgan fingerprint density at radius 2 is 1.65 bits per heavy atom. The van der Waals surface area contributed by atoms with E-state index in [1.807, 2.05) is 6.08 Å². The van der Waals surface area contributed by atoms with Crippen LogP contribution in [0.25, 0.3) is 0 Å². The first-order chi connectivity index (χ1) is 11.2. The standard InChI is InChI=1S/C18H28O5/c19-13-18-12-15(17(21)23-18)10-8-6-4-2-1-3-5-7-9-11-16(20)22-14-18/h10,19H,1-9,11-14H2/b15-10+/t18-/m1/s1. The van der Waals surface area contributed by atoms with Crippen LogP contribution in [0.4, 0.5) is 0 Å². The summed E-state index contributed by atoms with van der Waals surface area (Å²) in [7, 11) is 0. The molecule has 0 unspecified atom stereocenters. The van der Waals surface area contributed by atoms with Gasteiger partial charge in [-0.3, -0.25) is 4.79 Å². The third-order valence-electron chi connectivity index (χ3n) is 4.59. The zero-order chi connectivity index (χ0) is 16.5. The lowest BCUT2D eigenvalue weighted by molar-refractivity contribution is -0.166. The number of hydrogen-bond acceptors (Lipinski definition) is 5.